The second-order valence-corrected chi connectivity index (χ2v) is 9.90. The smallest absolute Gasteiger partial charge is 0.263 e. The Morgan fingerprint density at radius 2 is 1.72 bits per heavy atom. The molecule has 4 rings (SSSR count). The molecule has 6 heteroatoms. The molecule has 2 aliphatic heterocycles. The molecule has 0 N–H and O–H groups in total. The van der Waals surface area contributed by atoms with Gasteiger partial charge in [0, 0.05) is 42.6 Å². The van der Waals surface area contributed by atoms with Crippen molar-refractivity contribution in [2.45, 2.75) is 38.9 Å². The third-order valence-corrected chi connectivity index (χ3v) is 7.23. The highest BCUT2D eigenvalue weighted by Crippen LogP contribution is 2.30. The van der Waals surface area contributed by atoms with E-state index in [0.29, 0.717) is 18.1 Å². The standard InChI is InChI=1S/C23H29ClN2O2S/c1-16-13-25(14-17(2)28-16)15-18-9-11-26(12-10-18)23(27)22-8-7-21(29-22)19-3-5-20(24)6-4-19/h3-8,16-18H,9-15H2,1-2H3. The van der Waals surface area contributed by atoms with Crippen molar-refractivity contribution in [3.63, 3.8) is 0 Å². The van der Waals surface area contributed by atoms with Crippen molar-refractivity contribution in [3.8, 4) is 10.4 Å². The number of carbonyl (C=O) groups excluding carboxylic acids is 1. The van der Waals surface area contributed by atoms with Crippen LogP contribution in [0.15, 0.2) is 36.4 Å². The van der Waals surface area contributed by atoms with Gasteiger partial charge in [0.2, 0.25) is 0 Å². The number of benzene rings is 1. The number of amides is 1. The van der Waals surface area contributed by atoms with Gasteiger partial charge >= 0.3 is 0 Å². The summed E-state index contributed by atoms with van der Waals surface area (Å²) >= 11 is 7.54. The Hall–Kier alpha value is -1.40. The Kier molecular flexibility index (Phi) is 6.60. The van der Waals surface area contributed by atoms with E-state index >= 15 is 0 Å². The van der Waals surface area contributed by atoms with Gasteiger partial charge in [-0.25, -0.2) is 0 Å². The van der Waals surface area contributed by atoms with Gasteiger partial charge in [0.05, 0.1) is 17.1 Å². The molecule has 0 radical (unpaired) electrons. The molecule has 0 bridgehead atoms. The molecule has 2 unspecified atom stereocenters. The van der Waals surface area contributed by atoms with Gasteiger partial charge in [0.25, 0.3) is 5.91 Å². The van der Waals surface area contributed by atoms with Crippen LogP contribution in [0.5, 0.6) is 0 Å². The number of likely N-dealkylation sites (tertiary alicyclic amines) is 1. The predicted molar refractivity (Wildman–Crippen MR) is 120 cm³/mol. The molecule has 2 atom stereocenters. The SMILES string of the molecule is CC1CN(CC2CCN(C(=O)c3ccc(-c4ccc(Cl)cc4)s3)CC2)CC(C)O1. The number of morpholine rings is 1. The summed E-state index contributed by atoms with van der Waals surface area (Å²) < 4.78 is 5.84. The van der Waals surface area contributed by atoms with Crippen LogP contribution >= 0.6 is 22.9 Å². The molecule has 1 aromatic carbocycles. The van der Waals surface area contributed by atoms with Crippen LogP contribution in [-0.2, 0) is 4.74 Å². The fourth-order valence-corrected chi connectivity index (χ4v) is 5.60. The monoisotopic (exact) mass is 432 g/mol. The van der Waals surface area contributed by atoms with E-state index in [9.17, 15) is 4.79 Å². The molecular weight excluding hydrogens is 404 g/mol. The fourth-order valence-electron chi connectivity index (χ4n) is 4.50. The quantitative estimate of drug-likeness (QED) is 0.679. The summed E-state index contributed by atoms with van der Waals surface area (Å²) in [6.45, 7) is 9.19. The average Bonchev–Trinajstić information content (AvgIpc) is 3.18. The normalized spacial score (nSPS) is 24.0. The molecule has 1 aromatic heterocycles. The number of nitrogens with zero attached hydrogens (tertiary/aromatic N) is 2. The van der Waals surface area contributed by atoms with Gasteiger partial charge in [0.1, 0.15) is 0 Å². The molecule has 4 nitrogen and oxygen atoms in total. The average molecular weight is 433 g/mol. The van der Waals surface area contributed by atoms with Crippen molar-refractivity contribution in [1.82, 2.24) is 9.80 Å². The fraction of sp³-hybridized carbons (Fsp3) is 0.522. The minimum absolute atomic E-state index is 0.169. The highest BCUT2D eigenvalue weighted by molar-refractivity contribution is 7.17. The van der Waals surface area contributed by atoms with E-state index < -0.39 is 0 Å². The van der Waals surface area contributed by atoms with Crippen LogP contribution in [0, 0.1) is 5.92 Å². The number of hydrogen-bond donors (Lipinski definition) is 0. The van der Waals surface area contributed by atoms with Crippen LogP contribution in [0.25, 0.3) is 10.4 Å². The Morgan fingerprint density at radius 1 is 1.07 bits per heavy atom. The first kappa shape index (κ1) is 20.9. The van der Waals surface area contributed by atoms with Crippen molar-refractivity contribution in [2.24, 2.45) is 5.92 Å². The molecule has 29 heavy (non-hydrogen) atoms. The summed E-state index contributed by atoms with van der Waals surface area (Å²) in [6.07, 6.45) is 2.80. The molecule has 1 amide bonds. The summed E-state index contributed by atoms with van der Waals surface area (Å²) in [7, 11) is 0. The van der Waals surface area contributed by atoms with E-state index in [1.807, 2.05) is 41.3 Å². The van der Waals surface area contributed by atoms with Crippen LogP contribution < -0.4 is 0 Å². The molecule has 2 saturated heterocycles. The number of rotatable bonds is 4. The van der Waals surface area contributed by atoms with Gasteiger partial charge in [0.15, 0.2) is 0 Å². The third kappa shape index (κ3) is 5.21. The van der Waals surface area contributed by atoms with Crippen LogP contribution in [0.2, 0.25) is 5.02 Å². The minimum atomic E-state index is 0.169. The lowest BCUT2D eigenvalue weighted by Crippen LogP contribution is -2.48. The Labute approximate surface area is 182 Å². The number of piperidine rings is 1. The zero-order valence-corrected chi connectivity index (χ0v) is 18.7. The van der Waals surface area contributed by atoms with Gasteiger partial charge in [-0.3, -0.25) is 9.69 Å². The summed E-state index contributed by atoms with van der Waals surface area (Å²) in [5.74, 6) is 0.840. The Balaban J connectivity index is 1.31. The lowest BCUT2D eigenvalue weighted by molar-refractivity contribution is -0.0728. The molecule has 0 aliphatic carbocycles. The molecule has 3 heterocycles. The lowest BCUT2D eigenvalue weighted by atomic mass is 9.95. The maximum Gasteiger partial charge on any atom is 0.263 e. The van der Waals surface area contributed by atoms with E-state index in [2.05, 4.69) is 18.7 Å². The first-order valence-corrected chi connectivity index (χ1v) is 11.7. The summed E-state index contributed by atoms with van der Waals surface area (Å²) in [6, 6.07) is 11.8. The zero-order valence-electron chi connectivity index (χ0n) is 17.1. The number of halogens is 1. The van der Waals surface area contributed by atoms with E-state index in [4.69, 9.17) is 16.3 Å². The topological polar surface area (TPSA) is 32.8 Å². The van der Waals surface area contributed by atoms with Gasteiger partial charge in [-0.05, 0) is 62.4 Å². The molecule has 0 spiro atoms. The molecule has 2 fully saturated rings. The van der Waals surface area contributed by atoms with Crippen molar-refractivity contribution in [3.05, 3.63) is 46.3 Å². The molecule has 2 aliphatic rings. The van der Waals surface area contributed by atoms with Gasteiger partial charge < -0.3 is 9.64 Å². The van der Waals surface area contributed by atoms with Crippen molar-refractivity contribution in [1.29, 1.82) is 0 Å². The second-order valence-electron chi connectivity index (χ2n) is 8.38. The van der Waals surface area contributed by atoms with E-state index in [1.54, 1.807) is 11.3 Å². The zero-order chi connectivity index (χ0) is 20.4. The summed E-state index contributed by atoms with van der Waals surface area (Å²) in [4.78, 5) is 19.5. The molecule has 156 valence electrons. The molecule has 2 aromatic rings. The van der Waals surface area contributed by atoms with E-state index in [1.165, 1.54) is 0 Å². The van der Waals surface area contributed by atoms with Gasteiger partial charge in [-0.2, -0.15) is 0 Å². The maximum atomic E-state index is 13.0. The number of thiophene rings is 1. The van der Waals surface area contributed by atoms with Gasteiger partial charge in [-0.15, -0.1) is 11.3 Å². The lowest BCUT2D eigenvalue weighted by Gasteiger charge is -2.39. The number of hydrogen-bond acceptors (Lipinski definition) is 4. The molecule has 0 saturated carbocycles. The Morgan fingerprint density at radius 3 is 2.38 bits per heavy atom. The minimum Gasteiger partial charge on any atom is -0.373 e. The first-order valence-electron chi connectivity index (χ1n) is 10.5. The summed E-state index contributed by atoms with van der Waals surface area (Å²) in [5.41, 5.74) is 1.10. The third-order valence-electron chi connectivity index (χ3n) is 5.86. The number of carbonyl (C=O) groups is 1. The van der Waals surface area contributed by atoms with Crippen molar-refractivity contribution in [2.75, 3.05) is 32.7 Å². The molecular formula is C23H29ClN2O2S. The highest BCUT2D eigenvalue weighted by atomic mass is 35.5. The van der Waals surface area contributed by atoms with Crippen LogP contribution in [0.3, 0.4) is 0 Å². The van der Waals surface area contributed by atoms with Crippen LogP contribution in [0.1, 0.15) is 36.4 Å². The van der Waals surface area contributed by atoms with Crippen LogP contribution in [-0.4, -0.2) is 60.6 Å². The summed E-state index contributed by atoms with van der Waals surface area (Å²) in [5, 5.41) is 0.727. The van der Waals surface area contributed by atoms with Gasteiger partial charge in [-0.1, -0.05) is 23.7 Å². The second kappa shape index (κ2) is 9.17. The predicted octanol–water partition coefficient (Wildman–Crippen LogP) is 5.03. The van der Waals surface area contributed by atoms with Crippen molar-refractivity contribution < 1.29 is 9.53 Å². The highest BCUT2D eigenvalue weighted by Gasteiger charge is 2.28. The first-order chi connectivity index (χ1) is 14.0. The van der Waals surface area contributed by atoms with E-state index in [-0.39, 0.29) is 5.91 Å². The van der Waals surface area contributed by atoms with Crippen molar-refractivity contribution >= 4 is 28.8 Å². The maximum absolute atomic E-state index is 13.0. The van der Waals surface area contributed by atoms with E-state index in [0.717, 1.165) is 65.9 Å². The largest absolute Gasteiger partial charge is 0.373 e. The number of ether oxygens (including phenoxy) is 1. The Bertz CT molecular complexity index is 820. The van der Waals surface area contributed by atoms with Crippen LogP contribution in [0.4, 0.5) is 0 Å².